The van der Waals surface area contributed by atoms with E-state index in [0.717, 1.165) is 11.1 Å². The summed E-state index contributed by atoms with van der Waals surface area (Å²) < 4.78 is 0. The largest absolute Gasteiger partial charge is 0.506 e. The van der Waals surface area contributed by atoms with Gasteiger partial charge in [-0.2, -0.15) is 0 Å². The molecule has 0 aliphatic rings. The first-order chi connectivity index (χ1) is 13.4. The third-order valence-electron chi connectivity index (χ3n) is 4.39. The molecule has 0 atom stereocenters. The first-order valence-electron chi connectivity index (χ1n) is 8.27. The van der Waals surface area contributed by atoms with Crippen molar-refractivity contribution in [3.05, 3.63) is 86.9 Å². The number of pyridine rings is 1. The highest BCUT2D eigenvalue weighted by Crippen LogP contribution is 2.40. The third-order valence-corrected chi connectivity index (χ3v) is 4.90. The molecule has 0 amide bonds. The SMILES string of the molecule is O=[N+]([O-])c1ccc2nc(-c3cc(Cl)cc(Cl)c3O)cc(-c3ccccc3)c2c1. The molecular formula is C21H12Cl2N2O3. The quantitative estimate of drug-likeness (QED) is 0.309. The molecule has 0 saturated heterocycles. The van der Waals surface area contributed by atoms with Crippen molar-refractivity contribution in [2.75, 3.05) is 0 Å². The highest BCUT2D eigenvalue weighted by Gasteiger charge is 2.17. The summed E-state index contributed by atoms with van der Waals surface area (Å²) in [5.74, 6) is -0.126. The van der Waals surface area contributed by atoms with Gasteiger partial charge >= 0.3 is 0 Å². The Morgan fingerprint density at radius 1 is 0.929 bits per heavy atom. The molecule has 1 aromatic heterocycles. The van der Waals surface area contributed by atoms with E-state index in [4.69, 9.17) is 23.2 Å². The monoisotopic (exact) mass is 410 g/mol. The maximum Gasteiger partial charge on any atom is 0.270 e. The Balaban J connectivity index is 2.06. The van der Waals surface area contributed by atoms with Crippen molar-refractivity contribution in [2.24, 2.45) is 0 Å². The van der Waals surface area contributed by atoms with Crippen LogP contribution in [0.15, 0.2) is 66.7 Å². The van der Waals surface area contributed by atoms with E-state index in [9.17, 15) is 15.2 Å². The first-order valence-corrected chi connectivity index (χ1v) is 9.02. The van der Waals surface area contributed by atoms with Gasteiger partial charge in [-0.25, -0.2) is 4.98 Å². The van der Waals surface area contributed by atoms with Gasteiger partial charge in [0.05, 0.1) is 21.2 Å². The van der Waals surface area contributed by atoms with Gasteiger partial charge in [0, 0.05) is 28.1 Å². The van der Waals surface area contributed by atoms with Crippen LogP contribution in [0, 0.1) is 10.1 Å². The van der Waals surface area contributed by atoms with E-state index in [-0.39, 0.29) is 16.5 Å². The second kappa shape index (κ2) is 7.11. The lowest BCUT2D eigenvalue weighted by Gasteiger charge is -2.12. The van der Waals surface area contributed by atoms with E-state index in [1.807, 2.05) is 30.3 Å². The number of benzene rings is 3. The van der Waals surface area contributed by atoms with Crippen molar-refractivity contribution >= 4 is 39.8 Å². The fraction of sp³-hybridized carbons (Fsp3) is 0. The van der Waals surface area contributed by atoms with Gasteiger partial charge in [-0.1, -0.05) is 53.5 Å². The molecule has 0 spiro atoms. The molecule has 1 N–H and O–H groups in total. The highest BCUT2D eigenvalue weighted by molar-refractivity contribution is 6.36. The highest BCUT2D eigenvalue weighted by atomic mass is 35.5. The maximum atomic E-state index is 11.2. The molecule has 0 radical (unpaired) electrons. The predicted molar refractivity (Wildman–Crippen MR) is 111 cm³/mol. The molecule has 0 bridgehead atoms. The van der Waals surface area contributed by atoms with Gasteiger partial charge in [0.25, 0.3) is 5.69 Å². The topological polar surface area (TPSA) is 76.3 Å². The van der Waals surface area contributed by atoms with Crippen LogP contribution >= 0.6 is 23.2 Å². The lowest BCUT2D eigenvalue weighted by molar-refractivity contribution is -0.384. The van der Waals surface area contributed by atoms with Crippen LogP contribution in [0.4, 0.5) is 5.69 Å². The average Bonchev–Trinajstić information content (AvgIpc) is 2.70. The second-order valence-corrected chi connectivity index (χ2v) is 7.01. The number of nitro benzene ring substituents is 1. The summed E-state index contributed by atoms with van der Waals surface area (Å²) in [6.07, 6.45) is 0. The average molecular weight is 411 g/mol. The molecule has 3 aromatic carbocycles. The molecule has 138 valence electrons. The van der Waals surface area contributed by atoms with Crippen molar-refractivity contribution < 1.29 is 10.0 Å². The van der Waals surface area contributed by atoms with Crippen LogP contribution in [0.25, 0.3) is 33.3 Å². The number of fused-ring (bicyclic) bond motifs is 1. The summed E-state index contributed by atoms with van der Waals surface area (Å²) in [5, 5.41) is 22.8. The molecule has 4 aromatic rings. The van der Waals surface area contributed by atoms with Crippen molar-refractivity contribution in [2.45, 2.75) is 0 Å². The summed E-state index contributed by atoms with van der Waals surface area (Å²) in [5.41, 5.74) is 2.99. The van der Waals surface area contributed by atoms with Gasteiger partial charge in [-0.3, -0.25) is 10.1 Å². The Kier molecular flexibility index (Phi) is 4.63. The Hall–Kier alpha value is -3.15. The predicted octanol–water partition coefficient (Wildman–Crippen LogP) is 6.49. The molecule has 1 heterocycles. The summed E-state index contributed by atoms with van der Waals surface area (Å²) >= 11 is 12.2. The molecule has 28 heavy (non-hydrogen) atoms. The van der Waals surface area contributed by atoms with Crippen LogP contribution in [0.1, 0.15) is 0 Å². The van der Waals surface area contributed by atoms with Gasteiger partial charge in [-0.05, 0) is 35.4 Å². The zero-order valence-corrected chi connectivity index (χ0v) is 15.8. The Morgan fingerprint density at radius 3 is 2.39 bits per heavy atom. The molecule has 0 aliphatic heterocycles. The number of rotatable bonds is 3. The number of nitro groups is 1. The summed E-state index contributed by atoms with van der Waals surface area (Å²) in [7, 11) is 0. The Labute approximate surface area is 170 Å². The van der Waals surface area contributed by atoms with E-state index >= 15 is 0 Å². The van der Waals surface area contributed by atoms with E-state index in [1.165, 1.54) is 18.2 Å². The summed E-state index contributed by atoms with van der Waals surface area (Å²) in [6.45, 7) is 0. The minimum absolute atomic E-state index is 0.0205. The number of phenols is 1. The van der Waals surface area contributed by atoms with Crippen LogP contribution in [0.2, 0.25) is 10.0 Å². The Bertz CT molecular complexity index is 1230. The van der Waals surface area contributed by atoms with Crippen molar-refractivity contribution in [1.29, 1.82) is 0 Å². The van der Waals surface area contributed by atoms with E-state index in [1.54, 1.807) is 18.2 Å². The van der Waals surface area contributed by atoms with Crippen molar-refractivity contribution in [3.63, 3.8) is 0 Å². The van der Waals surface area contributed by atoms with Gasteiger partial charge in [0.1, 0.15) is 5.75 Å². The summed E-state index contributed by atoms with van der Waals surface area (Å²) in [6, 6.07) is 18.7. The number of phenolic OH excluding ortho intramolecular Hbond substituents is 1. The number of aromatic hydroxyl groups is 1. The van der Waals surface area contributed by atoms with Gasteiger partial charge < -0.3 is 5.11 Å². The fourth-order valence-corrected chi connectivity index (χ4v) is 3.58. The number of hydrogen-bond acceptors (Lipinski definition) is 4. The minimum atomic E-state index is -0.440. The molecule has 0 fully saturated rings. The number of hydrogen-bond donors (Lipinski definition) is 1. The van der Waals surface area contributed by atoms with Crippen molar-refractivity contribution in [1.82, 2.24) is 4.98 Å². The number of non-ortho nitro benzene ring substituents is 1. The fourth-order valence-electron chi connectivity index (χ4n) is 3.08. The smallest absolute Gasteiger partial charge is 0.270 e. The van der Waals surface area contributed by atoms with Gasteiger partial charge in [0.2, 0.25) is 0 Å². The van der Waals surface area contributed by atoms with E-state index < -0.39 is 4.92 Å². The molecule has 4 rings (SSSR count). The molecule has 7 heteroatoms. The van der Waals surface area contributed by atoms with Gasteiger partial charge in [0.15, 0.2) is 0 Å². The first kappa shape index (κ1) is 18.2. The molecule has 0 saturated carbocycles. The molecule has 0 unspecified atom stereocenters. The van der Waals surface area contributed by atoms with Crippen LogP contribution in [0.3, 0.4) is 0 Å². The van der Waals surface area contributed by atoms with Crippen LogP contribution < -0.4 is 0 Å². The zero-order valence-electron chi connectivity index (χ0n) is 14.3. The molecular weight excluding hydrogens is 399 g/mol. The number of halogens is 2. The standard InChI is InChI=1S/C21H12Cl2N2O3/c22-13-8-17(21(26)18(23)9-13)20-11-15(12-4-2-1-3-5-12)16-10-14(25(27)28)6-7-19(16)24-20/h1-11,26H. The summed E-state index contributed by atoms with van der Waals surface area (Å²) in [4.78, 5) is 15.4. The van der Waals surface area contributed by atoms with E-state index in [0.29, 0.717) is 27.2 Å². The lowest BCUT2D eigenvalue weighted by atomic mass is 9.97. The lowest BCUT2D eigenvalue weighted by Crippen LogP contribution is -1.93. The third kappa shape index (κ3) is 3.26. The number of aromatic nitrogens is 1. The minimum Gasteiger partial charge on any atom is -0.506 e. The van der Waals surface area contributed by atoms with Crippen LogP contribution in [-0.2, 0) is 0 Å². The van der Waals surface area contributed by atoms with Gasteiger partial charge in [-0.15, -0.1) is 0 Å². The normalized spacial score (nSPS) is 10.9. The second-order valence-electron chi connectivity index (χ2n) is 6.16. The maximum absolute atomic E-state index is 11.2. The van der Waals surface area contributed by atoms with Crippen LogP contribution in [-0.4, -0.2) is 15.0 Å². The zero-order chi connectivity index (χ0) is 19.8. The van der Waals surface area contributed by atoms with E-state index in [2.05, 4.69) is 4.98 Å². The Morgan fingerprint density at radius 2 is 1.68 bits per heavy atom. The van der Waals surface area contributed by atoms with Crippen molar-refractivity contribution in [3.8, 4) is 28.1 Å². The molecule has 5 nitrogen and oxygen atoms in total. The van der Waals surface area contributed by atoms with Crippen LogP contribution in [0.5, 0.6) is 5.75 Å². The number of nitrogens with zero attached hydrogens (tertiary/aromatic N) is 2. The molecule has 0 aliphatic carbocycles.